The lowest BCUT2D eigenvalue weighted by atomic mass is 9.75. The molecule has 0 bridgehead atoms. The summed E-state index contributed by atoms with van der Waals surface area (Å²) in [6.07, 6.45) is 4.62. The Kier molecular flexibility index (Phi) is 3.83. The maximum Gasteiger partial charge on any atom is 0.321 e. The zero-order valence-electron chi connectivity index (χ0n) is 13.2. The summed E-state index contributed by atoms with van der Waals surface area (Å²) in [4.78, 5) is 18.6. The van der Waals surface area contributed by atoms with Crippen LogP contribution in [0.1, 0.15) is 39.5 Å². The van der Waals surface area contributed by atoms with Crippen LogP contribution in [0.15, 0.2) is 0 Å². The van der Waals surface area contributed by atoms with Gasteiger partial charge in [-0.1, -0.05) is 6.42 Å². The lowest BCUT2D eigenvalue weighted by molar-refractivity contribution is -0.0211. The molecule has 0 aromatic rings. The fourth-order valence-corrected chi connectivity index (χ4v) is 3.93. The van der Waals surface area contributed by atoms with E-state index in [1.54, 1.807) is 4.90 Å². The van der Waals surface area contributed by atoms with Gasteiger partial charge in [-0.05, 0) is 39.7 Å². The Morgan fingerprint density at radius 3 is 2.57 bits per heavy atom. The Morgan fingerprint density at radius 2 is 2.00 bits per heavy atom. The van der Waals surface area contributed by atoms with Crippen molar-refractivity contribution in [2.75, 3.05) is 32.7 Å². The first-order valence-corrected chi connectivity index (χ1v) is 8.24. The van der Waals surface area contributed by atoms with Crippen LogP contribution in [-0.2, 0) is 0 Å². The largest absolute Gasteiger partial charge is 0.323 e. The Morgan fingerprint density at radius 1 is 1.24 bits per heavy atom. The van der Waals surface area contributed by atoms with Crippen molar-refractivity contribution in [3.05, 3.63) is 0 Å². The van der Waals surface area contributed by atoms with Gasteiger partial charge in [-0.25, -0.2) is 4.79 Å². The van der Waals surface area contributed by atoms with Gasteiger partial charge in [0.15, 0.2) is 0 Å². The normalized spacial score (nSPS) is 28.8. The Balaban J connectivity index is 1.58. The topological polar surface area (TPSA) is 50.6 Å². The average molecular weight is 290 g/mol. The highest BCUT2D eigenvalue weighted by Gasteiger charge is 2.49. The van der Waals surface area contributed by atoms with E-state index in [4.69, 9.17) is 5.26 Å². The van der Waals surface area contributed by atoms with E-state index in [1.807, 2.05) is 4.90 Å². The number of hydrogen-bond donors (Lipinski definition) is 0. The quantitative estimate of drug-likeness (QED) is 0.741. The lowest BCUT2D eigenvalue weighted by Crippen LogP contribution is -2.67. The molecule has 5 nitrogen and oxygen atoms in total. The SMILES string of the molecule is CC(C)N1CCCCC2(CN(C(=O)N3CC[C@H]3C#N)C2)C1. The second-order valence-corrected chi connectivity index (χ2v) is 7.29. The minimum Gasteiger partial charge on any atom is -0.323 e. The Bertz CT molecular complexity index is 450. The number of nitriles is 1. The number of rotatable bonds is 1. The number of nitrogens with zero attached hydrogens (tertiary/aromatic N) is 4. The molecule has 0 unspecified atom stereocenters. The summed E-state index contributed by atoms with van der Waals surface area (Å²) in [5.41, 5.74) is 0.309. The van der Waals surface area contributed by atoms with Crippen LogP contribution in [-0.4, -0.2) is 65.5 Å². The number of urea groups is 1. The zero-order valence-corrected chi connectivity index (χ0v) is 13.2. The van der Waals surface area contributed by atoms with Gasteiger partial charge >= 0.3 is 6.03 Å². The van der Waals surface area contributed by atoms with Gasteiger partial charge in [0, 0.05) is 37.6 Å². The maximum atomic E-state index is 12.4. The summed E-state index contributed by atoms with van der Waals surface area (Å²) in [7, 11) is 0. The number of hydrogen-bond acceptors (Lipinski definition) is 3. The minimum atomic E-state index is -0.185. The second-order valence-electron chi connectivity index (χ2n) is 7.29. The summed E-state index contributed by atoms with van der Waals surface area (Å²) in [6, 6.07) is 2.69. The van der Waals surface area contributed by atoms with Crippen molar-refractivity contribution < 1.29 is 4.79 Å². The van der Waals surface area contributed by atoms with Crippen molar-refractivity contribution in [1.29, 1.82) is 5.26 Å². The molecule has 0 N–H and O–H groups in total. The average Bonchev–Trinajstić information content (AvgIpc) is 2.58. The molecule has 0 aliphatic carbocycles. The van der Waals surface area contributed by atoms with E-state index in [0.717, 1.165) is 32.6 Å². The standard InChI is InChI=1S/C16H26N4O/c1-13(2)18-7-4-3-6-16(10-18)11-19(12-16)15(21)20-8-5-14(20)9-17/h13-14H,3-8,10-12H2,1-2H3/t14-/m0/s1. The third kappa shape index (κ3) is 2.62. The number of likely N-dealkylation sites (tertiary alicyclic amines) is 3. The predicted octanol–water partition coefficient (Wildman–Crippen LogP) is 1.90. The molecule has 0 saturated carbocycles. The molecule has 1 atom stereocenters. The summed E-state index contributed by atoms with van der Waals surface area (Å²) in [5, 5.41) is 8.98. The first-order chi connectivity index (χ1) is 10.0. The minimum absolute atomic E-state index is 0.0822. The molecular formula is C16H26N4O. The molecule has 0 aromatic heterocycles. The highest BCUT2D eigenvalue weighted by atomic mass is 16.2. The van der Waals surface area contributed by atoms with Crippen molar-refractivity contribution in [2.45, 2.75) is 51.6 Å². The van der Waals surface area contributed by atoms with Gasteiger partial charge in [0.25, 0.3) is 0 Å². The van der Waals surface area contributed by atoms with Crippen LogP contribution < -0.4 is 0 Å². The molecule has 3 fully saturated rings. The fourth-order valence-electron chi connectivity index (χ4n) is 3.93. The smallest absolute Gasteiger partial charge is 0.321 e. The lowest BCUT2D eigenvalue weighted by Gasteiger charge is -2.54. The van der Waals surface area contributed by atoms with Gasteiger partial charge in [0.1, 0.15) is 6.04 Å². The van der Waals surface area contributed by atoms with Crippen LogP contribution in [0.25, 0.3) is 0 Å². The Hall–Kier alpha value is -1.28. The van der Waals surface area contributed by atoms with Crippen LogP contribution in [0, 0.1) is 16.7 Å². The fraction of sp³-hybridized carbons (Fsp3) is 0.875. The molecule has 3 rings (SSSR count). The molecule has 5 heteroatoms. The molecule has 3 aliphatic heterocycles. The van der Waals surface area contributed by atoms with Crippen molar-refractivity contribution in [1.82, 2.24) is 14.7 Å². The van der Waals surface area contributed by atoms with Crippen molar-refractivity contribution in [2.24, 2.45) is 5.41 Å². The van der Waals surface area contributed by atoms with Crippen LogP contribution in [0.4, 0.5) is 4.79 Å². The van der Waals surface area contributed by atoms with E-state index in [9.17, 15) is 4.79 Å². The van der Waals surface area contributed by atoms with Gasteiger partial charge in [0.2, 0.25) is 0 Å². The van der Waals surface area contributed by atoms with Crippen LogP contribution in [0.3, 0.4) is 0 Å². The second kappa shape index (κ2) is 5.49. The molecular weight excluding hydrogens is 264 g/mol. The number of carbonyl (C=O) groups excluding carboxylic acids is 1. The van der Waals surface area contributed by atoms with Crippen LogP contribution in [0.2, 0.25) is 0 Å². The molecule has 116 valence electrons. The van der Waals surface area contributed by atoms with E-state index < -0.39 is 0 Å². The number of carbonyl (C=O) groups is 1. The molecule has 21 heavy (non-hydrogen) atoms. The summed E-state index contributed by atoms with van der Waals surface area (Å²) in [6.45, 7) is 9.34. The third-order valence-corrected chi connectivity index (χ3v) is 5.41. The monoisotopic (exact) mass is 290 g/mol. The Labute approximate surface area is 127 Å². The molecule has 3 heterocycles. The van der Waals surface area contributed by atoms with Gasteiger partial charge in [-0.2, -0.15) is 5.26 Å². The van der Waals surface area contributed by atoms with Gasteiger partial charge in [-0.15, -0.1) is 0 Å². The maximum absolute atomic E-state index is 12.4. The van der Waals surface area contributed by atoms with Gasteiger partial charge < -0.3 is 14.7 Å². The van der Waals surface area contributed by atoms with Crippen molar-refractivity contribution in [3.8, 4) is 6.07 Å². The van der Waals surface area contributed by atoms with Crippen LogP contribution >= 0.6 is 0 Å². The van der Waals surface area contributed by atoms with E-state index in [-0.39, 0.29) is 12.1 Å². The van der Waals surface area contributed by atoms with Crippen LogP contribution in [0.5, 0.6) is 0 Å². The van der Waals surface area contributed by atoms with Gasteiger partial charge in [-0.3, -0.25) is 0 Å². The van der Waals surface area contributed by atoms with E-state index in [0.29, 0.717) is 11.5 Å². The molecule has 3 saturated heterocycles. The summed E-state index contributed by atoms with van der Waals surface area (Å²) < 4.78 is 0. The first kappa shape index (κ1) is 14.6. The highest BCUT2D eigenvalue weighted by molar-refractivity contribution is 5.77. The number of amides is 2. The van der Waals surface area contributed by atoms with Gasteiger partial charge in [0.05, 0.1) is 6.07 Å². The van der Waals surface area contributed by atoms with Crippen molar-refractivity contribution >= 4 is 6.03 Å². The molecule has 1 spiro atoms. The van der Waals surface area contributed by atoms with Crippen molar-refractivity contribution in [3.63, 3.8) is 0 Å². The molecule has 0 aromatic carbocycles. The third-order valence-electron chi connectivity index (χ3n) is 5.41. The van der Waals surface area contributed by atoms with E-state index in [2.05, 4.69) is 24.8 Å². The molecule has 3 aliphatic rings. The predicted molar refractivity (Wildman–Crippen MR) is 80.7 cm³/mol. The van der Waals surface area contributed by atoms with E-state index >= 15 is 0 Å². The molecule has 2 amide bonds. The summed E-state index contributed by atoms with van der Waals surface area (Å²) >= 11 is 0. The first-order valence-electron chi connectivity index (χ1n) is 8.24. The zero-order chi connectivity index (χ0) is 15.0. The summed E-state index contributed by atoms with van der Waals surface area (Å²) in [5.74, 6) is 0. The van der Waals surface area contributed by atoms with E-state index in [1.165, 1.54) is 25.8 Å². The molecule has 0 radical (unpaired) electrons. The highest BCUT2D eigenvalue weighted by Crippen LogP contribution is 2.40.